The van der Waals surface area contributed by atoms with Gasteiger partial charge in [-0.15, -0.1) is 0 Å². The minimum absolute atomic E-state index is 0.00202. The summed E-state index contributed by atoms with van der Waals surface area (Å²) in [5, 5.41) is 14.6. The first-order chi connectivity index (χ1) is 12.0. The van der Waals surface area contributed by atoms with Crippen molar-refractivity contribution in [1.29, 1.82) is 0 Å². The molecular weight excluding hydrogens is 342 g/mol. The SMILES string of the molecule is CCCCc1ccc(C=NNC(=O)c2ccc([N+](=O)[O-])cc2Cl)cc1. The largest absolute Gasteiger partial charge is 0.272 e. The molecule has 0 unspecified atom stereocenters. The fraction of sp³-hybridized carbons (Fsp3) is 0.222. The standard InChI is InChI=1S/C18H18ClN3O3/c1-2-3-4-13-5-7-14(8-6-13)12-20-21-18(23)16-10-9-15(22(24)25)11-17(16)19/h5-12H,2-4H2,1H3,(H,21,23). The van der Waals surface area contributed by atoms with E-state index < -0.39 is 10.8 Å². The third kappa shape index (κ3) is 5.39. The molecule has 0 aliphatic carbocycles. The lowest BCUT2D eigenvalue weighted by Gasteiger charge is -2.03. The Morgan fingerprint density at radius 3 is 2.60 bits per heavy atom. The second kappa shape index (κ2) is 8.94. The van der Waals surface area contributed by atoms with Gasteiger partial charge in [-0.2, -0.15) is 5.10 Å². The molecule has 0 bridgehead atoms. The summed E-state index contributed by atoms with van der Waals surface area (Å²) in [7, 11) is 0. The summed E-state index contributed by atoms with van der Waals surface area (Å²) >= 11 is 5.91. The maximum absolute atomic E-state index is 12.0. The van der Waals surface area contributed by atoms with Crippen LogP contribution in [-0.2, 0) is 6.42 Å². The number of hydrogen-bond acceptors (Lipinski definition) is 4. The fourth-order valence-electron chi connectivity index (χ4n) is 2.18. The molecule has 0 aliphatic heterocycles. The van der Waals surface area contributed by atoms with E-state index in [1.165, 1.54) is 23.9 Å². The zero-order valence-electron chi connectivity index (χ0n) is 13.7. The minimum atomic E-state index is -0.574. The maximum Gasteiger partial charge on any atom is 0.272 e. The van der Waals surface area contributed by atoms with Crippen molar-refractivity contribution in [2.24, 2.45) is 5.10 Å². The van der Waals surface area contributed by atoms with Crippen LogP contribution in [0.1, 0.15) is 41.3 Å². The number of rotatable bonds is 7. The van der Waals surface area contributed by atoms with Crippen LogP contribution in [0.3, 0.4) is 0 Å². The average Bonchev–Trinajstić information content (AvgIpc) is 2.60. The molecule has 7 heteroatoms. The monoisotopic (exact) mass is 359 g/mol. The Hall–Kier alpha value is -2.73. The number of amides is 1. The van der Waals surface area contributed by atoms with Gasteiger partial charge in [-0.05, 0) is 30.0 Å². The van der Waals surface area contributed by atoms with Crippen molar-refractivity contribution in [3.8, 4) is 0 Å². The predicted molar refractivity (Wildman–Crippen MR) is 98.2 cm³/mol. The number of carbonyl (C=O) groups is 1. The number of nitro benzene ring substituents is 1. The number of benzene rings is 2. The number of nitro groups is 1. The van der Waals surface area contributed by atoms with Crippen LogP contribution in [0.5, 0.6) is 0 Å². The summed E-state index contributed by atoms with van der Waals surface area (Å²) in [6.45, 7) is 2.15. The van der Waals surface area contributed by atoms with Crippen molar-refractivity contribution >= 4 is 29.4 Å². The van der Waals surface area contributed by atoms with Gasteiger partial charge in [0.25, 0.3) is 11.6 Å². The summed E-state index contributed by atoms with van der Waals surface area (Å²) in [5.41, 5.74) is 4.43. The van der Waals surface area contributed by atoms with Crippen molar-refractivity contribution in [3.63, 3.8) is 0 Å². The zero-order valence-corrected chi connectivity index (χ0v) is 14.5. The topological polar surface area (TPSA) is 84.6 Å². The van der Waals surface area contributed by atoms with Crippen LogP contribution in [0.25, 0.3) is 0 Å². The predicted octanol–water partition coefficient (Wildman–Crippen LogP) is 4.35. The van der Waals surface area contributed by atoms with Crippen molar-refractivity contribution in [3.05, 3.63) is 74.3 Å². The van der Waals surface area contributed by atoms with Crippen LogP contribution < -0.4 is 5.43 Å². The molecule has 0 heterocycles. The Kier molecular flexibility index (Phi) is 6.65. The van der Waals surface area contributed by atoms with Crippen LogP contribution in [0.2, 0.25) is 5.02 Å². The Bertz CT molecular complexity index is 789. The van der Waals surface area contributed by atoms with E-state index in [9.17, 15) is 14.9 Å². The van der Waals surface area contributed by atoms with Gasteiger partial charge in [-0.25, -0.2) is 5.43 Å². The van der Waals surface area contributed by atoms with Crippen molar-refractivity contribution in [2.75, 3.05) is 0 Å². The molecular formula is C18H18ClN3O3. The zero-order chi connectivity index (χ0) is 18.2. The van der Waals surface area contributed by atoms with Gasteiger partial charge < -0.3 is 0 Å². The Balaban J connectivity index is 1.97. The Labute approximate surface area is 150 Å². The van der Waals surface area contributed by atoms with Crippen molar-refractivity contribution in [1.82, 2.24) is 5.43 Å². The first kappa shape index (κ1) is 18.6. The summed E-state index contributed by atoms with van der Waals surface area (Å²) in [6.07, 6.45) is 4.88. The van der Waals surface area contributed by atoms with E-state index in [-0.39, 0.29) is 16.3 Å². The number of unbranched alkanes of at least 4 members (excludes halogenated alkanes) is 1. The smallest absolute Gasteiger partial charge is 0.267 e. The highest BCUT2D eigenvalue weighted by Crippen LogP contribution is 2.22. The summed E-state index contributed by atoms with van der Waals surface area (Å²) in [6, 6.07) is 11.6. The molecule has 2 aromatic carbocycles. The molecule has 25 heavy (non-hydrogen) atoms. The molecule has 0 radical (unpaired) electrons. The Morgan fingerprint density at radius 2 is 2.00 bits per heavy atom. The molecule has 2 rings (SSSR count). The van der Waals surface area contributed by atoms with Crippen molar-refractivity contribution in [2.45, 2.75) is 26.2 Å². The van der Waals surface area contributed by atoms with Gasteiger partial charge in [-0.1, -0.05) is 49.2 Å². The van der Waals surface area contributed by atoms with Gasteiger partial charge in [-0.3, -0.25) is 14.9 Å². The van der Waals surface area contributed by atoms with Crippen LogP contribution in [0.4, 0.5) is 5.69 Å². The quantitative estimate of drug-likeness (QED) is 0.453. The van der Waals surface area contributed by atoms with E-state index in [0.717, 1.165) is 30.9 Å². The van der Waals surface area contributed by atoms with Gasteiger partial charge >= 0.3 is 0 Å². The first-order valence-electron chi connectivity index (χ1n) is 7.87. The second-order valence-electron chi connectivity index (χ2n) is 5.47. The van der Waals surface area contributed by atoms with Gasteiger partial charge in [0.15, 0.2) is 0 Å². The second-order valence-corrected chi connectivity index (χ2v) is 5.87. The lowest BCUT2D eigenvalue weighted by molar-refractivity contribution is -0.384. The highest BCUT2D eigenvalue weighted by atomic mass is 35.5. The molecule has 130 valence electrons. The first-order valence-corrected chi connectivity index (χ1v) is 8.25. The van der Waals surface area contributed by atoms with E-state index in [1.807, 2.05) is 24.3 Å². The van der Waals surface area contributed by atoms with Crippen LogP contribution in [-0.4, -0.2) is 17.0 Å². The van der Waals surface area contributed by atoms with Gasteiger partial charge in [0.05, 0.1) is 21.7 Å². The molecule has 0 spiro atoms. The minimum Gasteiger partial charge on any atom is -0.267 e. The number of halogens is 1. The Morgan fingerprint density at radius 1 is 1.28 bits per heavy atom. The third-order valence-corrected chi connectivity index (χ3v) is 3.90. The summed E-state index contributed by atoms with van der Waals surface area (Å²) in [4.78, 5) is 22.1. The highest BCUT2D eigenvalue weighted by Gasteiger charge is 2.14. The van der Waals surface area contributed by atoms with E-state index in [0.29, 0.717) is 0 Å². The van der Waals surface area contributed by atoms with Crippen LogP contribution in [0, 0.1) is 10.1 Å². The summed E-state index contributed by atoms with van der Waals surface area (Å²) in [5.74, 6) is -0.532. The molecule has 0 atom stereocenters. The van der Waals surface area contributed by atoms with E-state index in [1.54, 1.807) is 0 Å². The third-order valence-electron chi connectivity index (χ3n) is 3.59. The highest BCUT2D eigenvalue weighted by molar-refractivity contribution is 6.34. The number of aryl methyl sites for hydroxylation is 1. The number of hydrazone groups is 1. The van der Waals surface area contributed by atoms with Gasteiger partial charge in [0.1, 0.15) is 0 Å². The number of non-ortho nitro benzene ring substituents is 1. The van der Waals surface area contributed by atoms with Crippen molar-refractivity contribution < 1.29 is 9.72 Å². The van der Waals surface area contributed by atoms with Gasteiger partial charge in [0.2, 0.25) is 0 Å². The molecule has 0 saturated heterocycles. The molecule has 1 amide bonds. The van der Waals surface area contributed by atoms with Crippen LogP contribution in [0.15, 0.2) is 47.6 Å². The lowest BCUT2D eigenvalue weighted by atomic mass is 10.1. The number of carbonyl (C=O) groups excluding carboxylic acids is 1. The molecule has 0 aliphatic rings. The fourth-order valence-corrected chi connectivity index (χ4v) is 2.44. The van der Waals surface area contributed by atoms with Crippen LogP contribution >= 0.6 is 11.6 Å². The lowest BCUT2D eigenvalue weighted by Crippen LogP contribution is -2.18. The van der Waals surface area contributed by atoms with E-state index in [4.69, 9.17) is 11.6 Å². The maximum atomic E-state index is 12.0. The molecule has 0 saturated carbocycles. The number of nitrogens with zero attached hydrogens (tertiary/aromatic N) is 2. The molecule has 0 aromatic heterocycles. The number of nitrogens with one attached hydrogen (secondary N) is 1. The summed E-state index contributed by atoms with van der Waals surface area (Å²) < 4.78 is 0. The average molecular weight is 360 g/mol. The van der Waals surface area contributed by atoms with E-state index >= 15 is 0 Å². The molecule has 1 N–H and O–H groups in total. The normalized spacial score (nSPS) is 10.8. The van der Waals surface area contributed by atoms with E-state index in [2.05, 4.69) is 17.5 Å². The van der Waals surface area contributed by atoms with Gasteiger partial charge in [0, 0.05) is 12.1 Å². The molecule has 0 fully saturated rings. The molecule has 2 aromatic rings. The number of hydrogen-bond donors (Lipinski definition) is 1. The molecule has 6 nitrogen and oxygen atoms in total.